The molecule has 1 heteroatoms. The zero-order valence-electron chi connectivity index (χ0n) is 5.31. The minimum absolute atomic E-state index is 0.475. The molecular formula is C7H12O. The van der Waals surface area contributed by atoms with Crippen molar-refractivity contribution < 1.29 is 4.74 Å². The summed E-state index contributed by atoms with van der Waals surface area (Å²) in [4.78, 5) is 0. The highest BCUT2D eigenvalue weighted by Gasteiger charge is 2.15. The molecule has 1 aliphatic rings. The van der Waals surface area contributed by atoms with E-state index in [1.165, 1.54) is 5.57 Å². The lowest BCUT2D eigenvalue weighted by Crippen LogP contribution is -2.00. The van der Waals surface area contributed by atoms with Crippen molar-refractivity contribution in [2.24, 2.45) is 0 Å². The van der Waals surface area contributed by atoms with Gasteiger partial charge in [0.25, 0.3) is 0 Å². The van der Waals surface area contributed by atoms with Crippen molar-refractivity contribution in [3.05, 3.63) is 12.2 Å². The Bertz CT molecular complexity index is 96.6. The Labute approximate surface area is 50.3 Å². The van der Waals surface area contributed by atoms with Gasteiger partial charge in [0.1, 0.15) is 0 Å². The molecule has 1 saturated heterocycles. The highest BCUT2D eigenvalue weighted by molar-refractivity contribution is 5.01. The second-order valence-corrected chi connectivity index (χ2v) is 2.30. The quantitative estimate of drug-likeness (QED) is 0.469. The normalized spacial score (nSPS) is 29.1. The Morgan fingerprint density at radius 3 is 2.88 bits per heavy atom. The summed E-state index contributed by atoms with van der Waals surface area (Å²) in [5, 5.41) is 0. The number of hydrogen-bond acceptors (Lipinski definition) is 1. The van der Waals surface area contributed by atoms with E-state index in [1.54, 1.807) is 0 Å². The van der Waals surface area contributed by atoms with Crippen LogP contribution in [0.1, 0.15) is 19.8 Å². The van der Waals surface area contributed by atoms with Crippen molar-refractivity contribution in [1.29, 1.82) is 0 Å². The Morgan fingerprint density at radius 2 is 2.62 bits per heavy atom. The molecule has 0 spiro atoms. The van der Waals surface area contributed by atoms with Gasteiger partial charge in [-0.1, -0.05) is 13.5 Å². The largest absolute Gasteiger partial charge is 0.374 e. The summed E-state index contributed by atoms with van der Waals surface area (Å²) in [5.41, 5.74) is 1.25. The van der Waals surface area contributed by atoms with Gasteiger partial charge in [-0.25, -0.2) is 0 Å². The van der Waals surface area contributed by atoms with E-state index in [0.717, 1.165) is 19.4 Å². The third kappa shape index (κ3) is 1.10. The van der Waals surface area contributed by atoms with Crippen molar-refractivity contribution in [3.8, 4) is 0 Å². The predicted molar refractivity (Wildman–Crippen MR) is 33.8 cm³/mol. The van der Waals surface area contributed by atoms with Gasteiger partial charge in [0, 0.05) is 0 Å². The zero-order valence-corrected chi connectivity index (χ0v) is 5.31. The molecular weight excluding hydrogens is 100 g/mol. The van der Waals surface area contributed by atoms with Gasteiger partial charge in [-0.2, -0.15) is 0 Å². The average molecular weight is 112 g/mol. The minimum Gasteiger partial charge on any atom is -0.374 e. The summed E-state index contributed by atoms with van der Waals surface area (Å²) in [6, 6.07) is 0. The van der Waals surface area contributed by atoms with E-state index >= 15 is 0 Å². The summed E-state index contributed by atoms with van der Waals surface area (Å²) in [6.45, 7) is 6.76. The van der Waals surface area contributed by atoms with Crippen molar-refractivity contribution >= 4 is 0 Å². The van der Waals surface area contributed by atoms with Crippen LogP contribution in [0.3, 0.4) is 0 Å². The Balaban J connectivity index is 2.32. The molecule has 1 nitrogen and oxygen atoms in total. The van der Waals surface area contributed by atoms with Crippen LogP contribution in [0.2, 0.25) is 0 Å². The molecule has 0 bridgehead atoms. The van der Waals surface area contributed by atoms with E-state index in [0.29, 0.717) is 6.10 Å². The van der Waals surface area contributed by atoms with Gasteiger partial charge in [-0.15, -0.1) is 0 Å². The van der Waals surface area contributed by atoms with Crippen molar-refractivity contribution in [2.75, 3.05) is 6.61 Å². The van der Waals surface area contributed by atoms with Crippen molar-refractivity contribution in [2.45, 2.75) is 25.9 Å². The van der Waals surface area contributed by atoms with Gasteiger partial charge in [-0.3, -0.25) is 0 Å². The lowest BCUT2D eigenvalue weighted by atomic mass is 10.1. The molecule has 46 valence electrons. The third-order valence-electron chi connectivity index (χ3n) is 1.49. The van der Waals surface area contributed by atoms with Crippen LogP contribution in [0.4, 0.5) is 0 Å². The van der Waals surface area contributed by atoms with Crippen LogP contribution in [-0.4, -0.2) is 12.7 Å². The molecule has 1 unspecified atom stereocenters. The van der Waals surface area contributed by atoms with Crippen molar-refractivity contribution in [1.82, 2.24) is 0 Å². The van der Waals surface area contributed by atoms with E-state index in [1.807, 2.05) is 0 Å². The topological polar surface area (TPSA) is 9.23 Å². The maximum atomic E-state index is 5.31. The molecule has 0 amide bonds. The average Bonchev–Trinajstić information content (AvgIpc) is 2.14. The predicted octanol–water partition coefficient (Wildman–Crippen LogP) is 1.74. The molecule has 1 aliphatic heterocycles. The van der Waals surface area contributed by atoms with Gasteiger partial charge in [-0.05, 0) is 18.4 Å². The first-order valence-electron chi connectivity index (χ1n) is 3.11. The Morgan fingerprint density at radius 1 is 1.88 bits per heavy atom. The first-order chi connectivity index (χ1) is 3.83. The van der Waals surface area contributed by atoms with Crippen LogP contribution < -0.4 is 0 Å². The zero-order chi connectivity index (χ0) is 5.98. The van der Waals surface area contributed by atoms with Gasteiger partial charge in [0.05, 0.1) is 12.7 Å². The SMILES string of the molecule is C=C1COC(CC)C1. The first kappa shape index (κ1) is 5.83. The van der Waals surface area contributed by atoms with Crippen LogP contribution in [0.5, 0.6) is 0 Å². The molecule has 1 rings (SSSR count). The Kier molecular flexibility index (Phi) is 1.69. The lowest BCUT2D eigenvalue weighted by molar-refractivity contribution is 0.111. The molecule has 0 aromatic heterocycles. The minimum atomic E-state index is 0.475. The lowest BCUT2D eigenvalue weighted by Gasteiger charge is -2.00. The van der Waals surface area contributed by atoms with E-state index in [2.05, 4.69) is 13.5 Å². The van der Waals surface area contributed by atoms with Gasteiger partial charge in [0.15, 0.2) is 0 Å². The summed E-state index contributed by atoms with van der Waals surface area (Å²) in [7, 11) is 0. The molecule has 0 saturated carbocycles. The van der Waals surface area contributed by atoms with Crippen LogP contribution in [0.25, 0.3) is 0 Å². The van der Waals surface area contributed by atoms with Crippen LogP contribution in [0, 0.1) is 0 Å². The van der Waals surface area contributed by atoms with Crippen LogP contribution in [0.15, 0.2) is 12.2 Å². The van der Waals surface area contributed by atoms with E-state index < -0.39 is 0 Å². The van der Waals surface area contributed by atoms with Crippen LogP contribution >= 0.6 is 0 Å². The van der Waals surface area contributed by atoms with Gasteiger partial charge >= 0.3 is 0 Å². The summed E-state index contributed by atoms with van der Waals surface area (Å²) >= 11 is 0. The molecule has 1 fully saturated rings. The molecule has 0 aliphatic carbocycles. The number of rotatable bonds is 1. The number of hydrogen-bond donors (Lipinski definition) is 0. The van der Waals surface area contributed by atoms with Gasteiger partial charge in [0.2, 0.25) is 0 Å². The number of ether oxygens (including phenoxy) is 1. The smallest absolute Gasteiger partial charge is 0.0679 e. The molecule has 0 radical (unpaired) electrons. The standard InChI is InChI=1S/C7H12O/c1-3-7-4-6(2)5-8-7/h7H,2-5H2,1H3. The monoisotopic (exact) mass is 112 g/mol. The van der Waals surface area contributed by atoms with E-state index in [4.69, 9.17) is 4.74 Å². The second kappa shape index (κ2) is 2.31. The summed E-state index contributed by atoms with van der Waals surface area (Å²) < 4.78 is 5.31. The second-order valence-electron chi connectivity index (χ2n) is 2.30. The van der Waals surface area contributed by atoms with E-state index in [9.17, 15) is 0 Å². The van der Waals surface area contributed by atoms with E-state index in [-0.39, 0.29) is 0 Å². The van der Waals surface area contributed by atoms with Crippen molar-refractivity contribution in [3.63, 3.8) is 0 Å². The maximum absolute atomic E-state index is 5.31. The fourth-order valence-corrected chi connectivity index (χ4v) is 0.938. The molecule has 1 heterocycles. The summed E-state index contributed by atoms with van der Waals surface area (Å²) in [5.74, 6) is 0. The molecule has 0 aromatic rings. The van der Waals surface area contributed by atoms with Crippen LogP contribution in [-0.2, 0) is 4.74 Å². The third-order valence-corrected chi connectivity index (χ3v) is 1.49. The molecule has 1 atom stereocenters. The first-order valence-corrected chi connectivity index (χ1v) is 3.11. The fourth-order valence-electron chi connectivity index (χ4n) is 0.938. The molecule has 0 N–H and O–H groups in total. The highest BCUT2D eigenvalue weighted by atomic mass is 16.5. The molecule has 0 aromatic carbocycles. The molecule has 8 heavy (non-hydrogen) atoms. The van der Waals surface area contributed by atoms with Gasteiger partial charge < -0.3 is 4.74 Å². The summed E-state index contributed by atoms with van der Waals surface area (Å²) in [6.07, 6.45) is 2.68. The fraction of sp³-hybridized carbons (Fsp3) is 0.714. The highest BCUT2D eigenvalue weighted by Crippen LogP contribution is 2.18. The Hall–Kier alpha value is -0.300. The maximum Gasteiger partial charge on any atom is 0.0679 e.